The van der Waals surface area contributed by atoms with Crippen LogP contribution in [-0.4, -0.2) is 11.1 Å². The number of amidine groups is 1. The first-order valence-electron chi connectivity index (χ1n) is 4.31. The fourth-order valence-electron chi connectivity index (χ4n) is 1.02. The molecule has 2 nitrogen and oxygen atoms in total. The molecule has 0 radical (unpaired) electrons. The molecule has 0 aliphatic rings. The zero-order valence-electron chi connectivity index (χ0n) is 8.17. The molecule has 0 heterocycles. The lowest BCUT2D eigenvalue weighted by Crippen LogP contribution is -2.11. The minimum absolute atomic E-state index is 0.106. The first-order valence-corrected chi connectivity index (χ1v) is 5.19. The van der Waals surface area contributed by atoms with Gasteiger partial charge in [0.05, 0.1) is 0 Å². The van der Waals surface area contributed by atoms with Crippen LogP contribution in [0.2, 0.25) is 0 Å². The van der Waals surface area contributed by atoms with Crippen molar-refractivity contribution in [1.29, 1.82) is 5.41 Å². The fourth-order valence-corrected chi connectivity index (χ4v) is 1.84. The highest BCUT2D eigenvalue weighted by atomic mass is 32.2. The number of nitrogen functional groups attached to an aromatic ring is 1. The van der Waals surface area contributed by atoms with Crippen LogP contribution in [-0.2, 0) is 0 Å². The van der Waals surface area contributed by atoms with Gasteiger partial charge in [-0.25, -0.2) is 4.39 Å². The molecular formula is C10H13FN2S. The smallest absolute Gasteiger partial charge is 0.137 e. The second kappa shape index (κ2) is 4.46. The molecule has 3 N–H and O–H groups in total. The molecule has 0 fully saturated rings. The van der Waals surface area contributed by atoms with E-state index in [9.17, 15) is 4.39 Å². The number of benzene rings is 1. The number of thioether (sulfide) groups is 1. The zero-order chi connectivity index (χ0) is 10.7. The Labute approximate surface area is 87.2 Å². The molecule has 0 amide bonds. The van der Waals surface area contributed by atoms with Crippen molar-refractivity contribution < 1.29 is 4.39 Å². The molecule has 0 saturated carbocycles. The summed E-state index contributed by atoms with van der Waals surface area (Å²) < 4.78 is 13.4. The monoisotopic (exact) mass is 212 g/mol. The van der Waals surface area contributed by atoms with Crippen molar-refractivity contribution in [1.82, 2.24) is 0 Å². The number of nitrogens with two attached hydrogens (primary N) is 1. The van der Waals surface area contributed by atoms with E-state index < -0.39 is 0 Å². The molecule has 0 atom stereocenters. The van der Waals surface area contributed by atoms with Crippen LogP contribution in [0.3, 0.4) is 0 Å². The molecule has 0 spiro atoms. The Morgan fingerprint density at radius 1 is 1.50 bits per heavy atom. The summed E-state index contributed by atoms with van der Waals surface area (Å²) in [7, 11) is 0. The molecule has 0 aliphatic heterocycles. The average molecular weight is 212 g/mol. The van der Waals surface area contributed by atoms with Crippen LogP contribution in [0.15, 0.2) is 23.1 Å². The third-order valence-electron chi connectivity index (χ3n) is 1.61. The van der Waals surface area contributed by atoms with E-state index in [1.54, 1.807) is 12.1 Å². The summed E-state index contributed by atoms with van der Waals surface area (Å²) in [5.74, 6) is -0.415. The number of hydrogen-bond acceptors (Lipinski definition) is 2. The number of halogens is 1. The highest BCUT2D eigenvalue weighted by Crippen LogP contribution is 2.26. The van der Waals surface area contributed by atoms with Crippen LogP contribution in [0.1, 0.15) is 19.4 Å². The maximum Gasteiger partial charge on any atom is 0.137 e. The Hall–Kier alpha value is -1.03. The lowest BCUT2D eigenvalue weighted by Gasteiger charge is -2.07. The van der Waals surface area contributed by atoms with E-state index in [4.69, 9.17) is 11.1 Å². The highest BCUT2D eigenvalue weighted by Gasteiger charge is 2.07. The molecule has 1 aromatic carbocycles. The van der Waals surface area contributed by atoms with Crippen LogP contribution < -0.4 is 5.73 Å². The van der Waals surface area contributed by atoms with Gasteiger partial charge >= 0.3 is 0 Å². The fraction of sp³-hybridized carbons (Fsp3) is 0.300. The Kier molecular flexibility index (Phi) is 3.52. The minimum atomic E-state index is -0.309. The highest BCUT2D eigenvalue weighted by molar-refractivity contribution is 7.99. The summed E-state index contributed by atoms with van der Waals surface area (Å²) in [5, 5.41) is 7.49. The summed E-state index contributed by atoms with van der Waals surface area (Å²) in [6.07, 6.45) is 0. The van der Waals surface area contributed by atoms with Crippen molar-refractivity contribution in [2.75, 3.05) is 0 Å². The normalized spacial score (nSPS) is 10.6. The van der Waals surface area contributed by atoms with Crippen LogP contribution in [0.4, 0.5) is 4.39 Å². The van der Waals surface area contributed by atoms with Gasteiger partial charge in [-0.05, 0) is 18.2 Å². The summed E-state index contributed by atoms with van der Waals surface area (Å²) in [5.41, 5.74) is 5.67. The predicted molar refractivity (Wildman–Crippen MR) is 58.4 cm³/mol. The second-order valence-electron chi connectivity index (χ2n) is 3.23. The van der Waals surface area contributed by atoms with E-state index in [1.165, 1.54) is 17.8 Å². The third kappa shape index (κ3) is 2.73. The number of hydrogen-bond donors (Lipinski definition) is 2. The molecule has 14 heavy (non-hydrogen) atoms. The summed E-state index contributed by atoms with van der Waals surface area (Å²) in [6, 6.07) is 4.62. The number of nitrogens with one attached hydrogen (secondary N) is 1. The van der Waals surface area contributed by atoms with Crippen molar-refractivity contribution in [3.8, 4) is 0 Å². The van der Waals surface area contributed by atoms with Crippen LogP contribution >= 0.6 is 11.8 Å². The molecule has 1 rings (SSSR count). The van der Waals surface area contributed by atoms with Gasteiger partial charge in [0.2, 0.25) is 0 Å². The standard InChI is InChI=1S/C10H13FN2S/c1-6(2)14-9-4-3-7(10(12)13)5-8(9)11/h3-6H,1-2H3,(H3,12,13). The Bertz CT molecular complexity index is 350. The molecule has 0 aliphatic carbocycles. The van der Waals surface area contributed by atoms with Gasteiger partial charge in [-0.15, -0.1) is 11.8 Å². The van der Waals surface area contributed by atoms with Gasteiger partial charge in [0, 0.05) is 15.7 Å². The molecule has 0 unspecified atom stereocenters. The predicted octanol–water partition coefficient (Wildman–Crippen LogP) is 2.61. The maximum atomic E-state index is 13.4. The lowest BCUT2D eigenvalue weighted by molar-refractivity contribution is 0.601. The summed E-state index contributed by atoms with van der Waals surface area (Å²) in [4.78, 5) is 0.602. The first-order chi connectivity index (χ1) is 6.50. The summed E-state index contributed by atoms with van der Waals surface area (Å²) in [6.45, 7) is 4.01. The second-order valence-corrected chi connectivity index (χ2v) is 4.84. The molecule has 0 bridgehead atoms. The molecule has 0 aromatic heterocycles. The van der Waals surface area contributed by atoms with Gasteiger partial charge in [0.15, 0.2) is 0 Å². The van der Waals surface area contributed by atoms with Crippen molar-refractivity contribution >= 4 is 17.6 Å². The van der Waals surface area contributed by atoms with E-state index >= 15 is 0 Å². The SMILES string of the molecule is CC(C)Sc1ccc(C(=N)N)cc1F. The van der Waals surface area contributed by atoms with E-state index in [1.807, 2.05) is 13.8 Å². The quantitative estimate of drug-likeness (QED) is 0.459. The van der Waals surface area contributed by atoms with Gasteiger partial charge in [0.25, 0.3) is 0 Å². The number of rotatable bonds is 3. The molecule has 76 valence electrons. The summed E-state index contributed by atoms with van der Waals surface area (Å²) >= 11 is 1.46. The minimum Gasteiger partial charge on any atom is -0.384 e. The van der Waals surface area contributed by atoms with E-state index in [-0.39, 0.29) is 11.7 Å². The molecule has 0 saturated heterocycles. The van der Waals surface area contributed by atoms with E-state index in [0.29, 0.717) is 15.7 Å². The zero-order valence-corrected chi connectivity index (χ0v) is 8.99. The molecule has 1 aromatic rings. The van der Waals surface area contributed by atoms with Crippen molar-refractivity contribution in [2.24, 2.45) is 5.73 Å². The van der Waals surface area contributed by atoms with E-state index in [2.05, 4.69) is 0 Å². The average Bonchev–Trinajstić information content (AvgIpc) is 2.07. The topological polar surface area (TPSA) is 49.9 Å². The van der Waals surface area contributed by atoms with Crippen molar-refractivity contribution in [3.63, 3.8) is 0 Å². The van der Waals surface area contributed by atoms with Crippen molar-refractivity contribution in [3.05, 3.63) is 29.6 Å². The molecule has 4 heteroatoms. The third-order valence-corrected chi connectivity index (χ3v) is 2.66. The van der Waals surface area contributed by atoms with Gasteiger partial charge in [0.1, 0.15) is 11.7 Å². The van der Waals surface area contributed by atoms with Crippen LogP contribution in [0.25, 0.3) is 0 Å². The Morgan fingerprint density at radius 3 is 2.57 bits per heavy atom. The van der Waals surface area contributed by atoms with Gasteiger partial charge in [-0.2, -0.15) is 0 Å². The van der Waals surface area contributed by atoms with Gasteiger partial charge in [-0.1, -0.05) is 13.8 Å². The Morgan fingerprint density at radius 2 is 2.14 bits per heavy atom. The van der Waals surface area contributed by atoms with Crippen molar-refractivity contribution in [2.45, 2.75) is 24.0 Å². The maximum absolute atomic E-state index is 13.4. The van der Waals surface area contributed by atoms with Gasteiger partial charge in [-0.3, -0.25) is 5.41 Å². The largest absolute Gasteiger partial charge is 0.384 e. The molecular weight excluding hydrogens is 199 g/mol. The Balaban J connectivity index is 2.95. The van der Waals surface area contributed by atoms with Crippen LogP contribution in [0.5, 0.6) is 0 Å². The van der Waals surface area contributed by atoms with Gasteiger partial charge < -0.3 is 5.73 Å². The first kappa shape index (κ1) is 11.0. The van der Waals surface area contributed by atoms with Crippen LogP contribution in [0, 0.1) is 11.2 Å². The lowest BCUT2D eigenvalue weighted by atomic mass is 10.2. The van der Waals surface area contributed by atoms with E-state index in [0.717, 1.165) is 0 Å².